The lowest BCUT2D eigenvalue weighted by Crippen LogP contribution is -2.48. The number of hydrogen-bond donors (Lipinski definition) is 8. The first kappa shape index (κ1) is 36.4. The highest BCUT2D eigenvalue weighted by Gasteiger charge is 2.25. The third-order valence-electron chi connectivity index (χ3n) is 5.32. The van der Waals surface area contributed by atoms with E-state index in [1.165, 1.54) is 0 Å². The molecule has 5 amide bonds. The second-order valence-corrected chi connectivity index (χ2v) is 10.3. The molecule has 8 N–H and O–H groups in total. The second kappa shape index (κ2) is 20.3. The van der Waals surface area contributed by atoms with E-state index >= 15 is 0 Å². The average Bonchev–Trinajstić information content (AvgIpc) is 2.81. The van der Waals surface area contributed by atoms with Gasteiger partial charge in [0.05, 0.1) is 6.54 Å². The van der Waals surface area contributed by atoms with Gasteiger partial charge in [0.1, 0.15) is 5.60 Å². The lowest BCUT2D eigenvalue weighted by atomic mass is 10.1. The Kier molecular flexibility index (Phi) is 18.5. The van der Waals surface area contributed by atoms with Crippen LogP contribution in [0.25, 0.3) is 0 Å². The summed E-state index contributed by atoms with van der Waals surface area (Å²) >= 11 is 0. The Bertz CT molecular complexity index is 832. The Labute approximate surface area is 235 Å². The fraction of sp³-hybridized carbons (Fsp3) is 0.760. The van der Waals surface area contributed by atoms with Crippen LogP contribution in [-0.2, 0) is 14.3 Å². The van der Waals surface area contributed by atoms with Crippen molar-refractivity contribution >= 4 is 36.1 Å². The van der Waals surface area contributed by atoms with Crippen molar-refractivity contribution in [1.82, 2.24) is 31.5 Å². The Morgan fingerprint density at radius 3 is 2.12 bits per heavy atom. The molecule has 1 atom stereocenters. The molecule has 0 aliphatic rings. The number of rotatable bonds is 18. The van der Waals surface area contributed by atoms with Crippen LogP contribution in [0.1, 0.15) is 79.1 Å². The first-order valence-electron chi connectivity index (χ1n) is 13.5. The van der Waals surface area contributed by atoms with E-state index in [1.807, 2.05) is 5.32 Å². The summed E-state index contributed by atoms with van der Waals surface area (Å²) in [5, 5.41) is 38.1. The molecule has 0 unspecified atom stereocenters. The fourth-order valence-corrected chi connectivity index (χ4v) is 3.35. The Morgan fingerprint density at radius 2 is 1.50 bits per heavy atom. The number of nitrogens with one attached hydrogen (secondary N) is 6. The van der Waals surface area contributed by atoms with Gasteiger partial charge in [0.25, 0.3) is 0 Å². The molecule has 0 aromatic heterocycles. The van der Waals surface area contributed by atoms with Gasteiger partial charge < -0.3 is 36.2 Å². The van der Waals surface area contributed by atoms with Gasteiger partial charge >= 0.3 is 18.3 Å². The first-order chi connectivity index (χ1) is 18.7. The zero-order chi connectivity index (χ0) is 30.6. The molecule has 15 nitrogen and oxygen atoms in total. The lowest BCUT2D eigenvalue weighted by molar-refractivity contribution is -0.126. The number of carbonyl (C=O) groups is 5. The predicted molar refractivity (Wildman–Crippen MR) is 148 cm³/mol. The summed E-state index contributed by atoms with van der Waals surface area (Å²) in [5.41, 5.74) is -0.801. The SMILES string of the molecule is C[C@H](CCNCCCCNC(=O)CNC(=O)CCCCCCN(C(=N)NC(=O)O)C(=O)OC(C)(C)C)NC(=O)O. The molecule has 0 aliphatic heterocycles. The van der Waals surface area contributed by atoms with Gasteiger partial charge in [0.15, 0.2) is 0 Å². The highest BCUT2D eigenvalue weighted by Crippen LogP contribution is 2.12. The van der Waals surface area contributed by atoms with E-state index in [4.69, 9.17) is 20.4 Å². The molecule has 0 aromatic carbocycles. The molecule has 0 fully saturated rings. The Morgan fingerprint density at radius 1 is 0.850 bits per heavy atom. The summed E-state index contributed by atoms with van der Waals surface area (Å²) in [5.74, 6) is -1.10. The van der Waals surface area contributed by atoms with Crippen molar-refractivity contribution in [2.75, 3.05) is 32.7 Å². The molecule has 0 rings (SSSR count). The van der Waals surface area contributed by atoms with Gasteiger partial charge in [-0.1, -0.05) is 12.8 Å². The zero-order valence-electron chi connectivity index (χ0n) is 24.1. The molecule has 0 aliphatic carbocycles. The van der Waals surface area contributed by atoms with Gasteiger partial charge in [-0.15, -0.1) is 0 Å². The second-order valence-electron chi connectivity index (χ2n) is 10.3. The van der Waals surface area contributed by atoms with Crippen LogP contribution in [0.4, 0.5) is 14.4 Å². The number of nitrogens with zero attached hydrogens (tertiary/aromatic N) is 1. The summed E-state index contributed by atoms with van der Waals surface area (Å²) in [7, 11) is 0. The molecule has 230 valence electrons. The standard InChI is InChI=1S/C25H47N7O8/c1-18(30-22(35)36)12-15-27-13-8-9-14-28-20(34)17-29-19(33)11-7-5-6-10-16-32(21(26)31-23(37)38)24(39)40-25(2,3)4/h18,27,30H,5-17H2,1-4H3,(H2,26,31)(H,28,34)(H,29,33)(H,35,36)(H,37,38)/t18-/m1/s1. The van der Waals surface area contributed by atoms with Gasteiger partial charge in [-0.2, -0.15) is 0 Å². The largest absolute Gasteiger partial charge is 0.465 e. The van der Waals surface area contributed by atoms with Gasteiger partial charge in [0, 0.05) is 25.6 Å². The number of unbranched alkanes of at least 4 members (excludes halogenated alkanes) is 4. The van der Waals surface area contributed by atoms with Crippen molar-refractivity contribution in [2.24, 2.45) is 0 Å². The van der Waals surface area contributed by atoms with Crippen molar-refractivity contribution in [1.29, 1.82) is 5.41 Å². The van der Waals surface area contributed by atoms with Crippen LogP contribution in [0, 0.1) is 5.41 Å². The highest BCUT2D eigenvalue weighted by atomic mass is 16.6. The van der Waals surface area contributed by atoms with E-state index < -0.39 is 29.8 Å². The molecule has 0 aromatic rings. The monoisotopic (exact) mass is 573 g/mol. The van der Waals surface area contributed by atoms with Crippen molar-refractivity contribution in [2.45, 2.75) is 90.7 Å². The molecule has 15 heteroatoms. The number of amides is 5. The molecule has 0 saturated carbocycles. The van der Waals surface area contributed by atoms with Crippen molar-refractivity contribution in [3.8, 4) is 0 Å². The van der Waals surface area contributed by atoms with Crippen LogP contribution in [0.15, 0.2) is 0 Å². The molecular formula is C25H47N7O8. The third-order valence-corrected chi connectivity index (χ3v) is 5.32. The fourth-order valence-electron chi connectivity index (χ4n) is 3.35. The quantitative estimate of drug-likeness (QED) is 0.0681. The minimum absolute atomic E-state index is 0.0833. The van der Waals surface area contributed by atoms with Gasteiger partial charge in [0.2, 0.25) is 17.8 Å². The smallest absolute Gasteiger partial charge is 0.417 e. The molecule has 0 radical (unpaired) electrons. The van der Waals surface area contributed by atoms with E-state index in [9.17, 15) is 24.0 Å². The number of guanidine groups is 1. The van der Waals surface area contributed by atoms with Crippen molar-refractivity contribution < 1.29 is 38.9 Å². The maximum absolute atomic E-state index is 12.3. The lowest BCUT2D eigenvalue weighted by Gasteiger charge is -2.27. The van der Waals surface area contributed by atoms with Crippen LogP contribution >= 0.6 is 0 Å². The van der Waals surface area contributed by atoms with E-state index in [1.54, 1.807) is 27.7 Å². The molecule has 0 bridgehead atoms. The van der Waals surface area contributed by atoms with Gasteiger partial charge in [-0.05, 0) is 72.9 Å². The molecular weight excluding hydrogens is 526 g/mol. The number of carbonyl (C=O) groups excluding carboxylic acids is 3. The molecule has 0 heterocycles. The third kappa shape index (κ3) is 21.3. The average molecular weight is 574 g/mol. The van der Waals surface area contributed by atoms with Crippen LogP contribution in [-0.4, -0.2) is 95.5 Å². The van der Waals surface area contributed by atoms with E-state index in [0.29, 0.717) is 45.2 Å². The Hall–Kier alpha value is -3.62. The van der Waals surface area contributed by atoms with E-state index in [-0.39, 0.29) is 37.4 Å². The van der Waals surface area contributed by atoms with Crippen LogP contribution < -0.4 is 26.6 Å². The van der Waals surface area contributed by atoms with Crippen LogP contribution in [0.5, 0.6) is 0 Å². The minimum atomic E-state index is -1.46. The summed E-state index contributed by atoms with van der Waals surface area (Å²) in [4.78, 5) is 58.5. The number of ether oxygens (including phenoxy) is 1. The normalized spacial score (nSPS) is 11.6. The summed E-state index contributed by atoms with van der Waals surface area (Å²) in [6.45, 7) is 8.73. The highest BCUT2D eigenvalue weighted by molar-refractivity contribution is 5.99. The van der Waals surface area contributed by atoms with E-state index in [2.05, 4.69) is 21.3 Å². The molecule has 0 saturated heterocycles. The van der Waals surface area contributed by atoms with E-state index in [0.717, 1.165) is 24.3 Å². The van der Waals surface area contributed by atoms with Gasteiger partial charge in [-0.3, -0.25) is 20.3 Å². The first-order valence-corrected chi connectivity index (χ1v) is 13.5. The summed E-state index contributed by atoms with van der Waals surface area (Å²) in [6, 6.07) is -0.118. The zero-order valence-corrected chi connectivity index (χ0v) is 24.1. The maximum Gasteiger partial charge on any atom is 0.417 e. The number of hydrogen-bond acceptors (Lipinski definition) is 8. The van der Waals surface area contributed by atoms with Crippen LogP contribution in [0.3, 0.4) is 0 Å². The van der Waals surface area contributed by atoms with Crippen molar-refractivity contribution in [3.05, 3.63) is 0 Å². The summed E-state index contributed by atoms with van der Waals surface area (Å²) < 4.78 is 5.23. The maximum atomic E-state index is 12.3. The van der Waals surface area contributed by atoms with Gasteiger partial charge in [-0.25, -0.2) is 19.3 Å². The number of carboxylic acid groups (broad SMARTS) is 2. The van der Waals surface area contributed by atoms with Crippen LogP contribution in [0.2, 0.25) is 0 Å². The Balaban J connectivity index is 3.96. The predicted octanol–water partition coefficient (Wildman–Crippen LogP) is 2.02. The molecule has 40 heavy (non-hydrogen) atoms. The summed E-state index contributed by atoms with van der Waals surface area (Å²) in [6.07, 6.45) is 1.59. The molecule has 0 spiro atoms. The topological polar surface area (TPSA) is 222 Å². The van der Waals surface area contributed by atoms with Crippen molar-refractivity contribution in [3.63, 3.8) is 0 Å². The minimum Gasteiger partial charge on any atom is -0.465 e.